The van der Waals surface area contributed by atoms with E-state index in [0.717, 1.165) is 4.90 Å². The highest BCUT2D eigenvalue weighted by molar-refractivity contribution is 5.85. The molecule has 0 aromatic heterocycles. The highest BCUT2D eigenvalue weighted by Gasteiger charge is 2.36. The van der Waals surface area contributed by atoms with Crippen LogP contribution in [0.5, 0.6) is 23.0 Å². The van der Waals surface area contributed by atoms with E-state index >= 15 is 0 Å². The topological polar surface area (TPSA) is 139 Å². The number of carbonyl (C=O) groups is 2. The summed E-state index contributed by atoms with van der Waals surface area (Å²) < 4.78 is 0. The molecule has 3 rings (SSSR count). The number of fused-ring (bicyclic) bond motifs is 1. The normalized spacial score (nSPS) is 16.0. The number of hydrogen-bond donors (Lipinski definition) is 5. The standard InChI is InChI=1S/C19H19NO7/c21-11-2-3-15(22)10(7-11)1-6-18(25)20-9-13-12(8-14(20)19(26)27)16(23)4-5-17(13)24/h2-5,7,14,21-24H,1,6,8-9H2,(H,26,27). The first-order chi connectivity index (χ1) is 12.8. The first-order valence-electron chi connectivity index (χ1n) is 8.33. The molecule has 1 amide bonds. The molecular weight excluding hydrogens is 354 g/mol. The molecule has 1 unspecified atom stereocenters. The molecular formula is C19H19NO7. The van der Waals surface area contributed by atoms with Gasteiger partial charge in [0.1, 0.15) is 29.0 Å². The Hall–Kier alpha value is -3.42. The Morgan fingerprint density at radius 3 is 2.26 bits per heavy atom. The van der Waals surface area contributed by atoms with Crippen LogP contribution >= 0.6 is 0 Å². The lowest BCUT2D eigenvalue weighted by Crippen LogP contribution is -2.48. The van der Waals surface area contributed by atoms with Crippen molar-refractivity contribution in [1.29, 1.82) is 0 Å². The van der Waals surface area contributed by atoms with Crippen LogP contribution in [0.15, 0.2) is 30.3 Å². The molecule has 1 atom stereocenters. The van der Waals surface area contributed by atoms with Gasteiger partial charge in [-0.1, -0.05) is 0 Å². The lowest BCUT2D eigenvalue weighted by atomic mass is 9.91. The molecule has 0 bridgehead atoms. The molecule has 142 valence electrons. The molecule has 0 aliphatic carbocycles. The minimum absolute atomic E-state index is 0.0500. The molecule has 5 N–H and O–H groups in total. The smallest absolute Gasteiger partial charge is 0.326 e. The van der Waals surface area contributed by atoms with E-state index in [2.05, 4.69) is 0 Å². The lowest BCUT2D eigenvalue weighted by molar-refractivity contribution is -0.151. The van der Waals surface area contributed by atoms with E-state index in [-0.39, 0.29) is 48.8 Å². The van der Waals surface area contributed by atoms with Gasteiger partial charge >= 0.3 is 5.97 Å². The Morgan fingerprint density at radius 2 is 1.59 bits per heavy atom. The maximum atomic E-state index is 12.7. The van der Waals surface area contributed by atoms with Crippen molar-refractivity contribution < 1.29 is 35.1 Å². The molecule has 0 fully saturated rings. The zero-order valence-electron chi connectivity index (χ0n) is 14.3. The van der Waals surface area contributed by atoms with E-state index < -0.39 is 17.9 Å². The second-order valence-corrected chi connectivity index (χ2v) is 6.45. The summed E-state index contributed by atoms with van der Waals surface area (Å²) in [6, 6.07) is 5.38. The van der Waals surface area contributed by atoms with Crippen molar-refractivity contribution in [3.05, 3.63) is 47.0 Å². The van der Waals surface area contributed by atoms with Crippen molar-refractivity contribution in [1.82, 2.24) is 4.90 Å². The number of rotatable bonds is 4. The molecule has 1 aliphatic heterocycles. The number of amides is 1. The molecule has 27 heavy (non-hydrogen) atoms. The summed E-state index contributed by atoms with van der Waals surface area (Å²) >= 11 is 0. The number of hydrogen-bond acceptors (Lipinski definition) is 6. The van der Waals surface area contributed by atoms with Crippen LogP contribution in [-0.4, -0.2) is 48.4 Å². The minimum Gasteiger partial charge on any atom is -0.508 e. The monoisotopic (exact) mass is 373 g/mol. The first-order valence-corrected chi connectivity index (χ1v) is 8.33. The Morgan fingerprint density at radius 1 is 0.963 bits per heavy atom. The second-order valence-electron chi connectivity index (χ2n) is 6.45. The average molecular weight is 373 g/mol. The van der Waals surface area contributed by atoms with Gasteiger partial charge in [0.25, 0.3) is 0 Å². The van der Waals surface area contributed by atoms with Crippen LogP contribution in [0.4, 0.5) is 0 Å². The zero-order valence-corrected chi connectivity index (χ0v) is 14.3. The van der Waals surface area contributed by atoms with Crippen molar-refractivity contribution >= 4 is 11.9 Å². The van der Waals surface area contributed by atoms with E-state index in [1.807, 2.05) is 0 Å². The van der Waals surface area contributed by atoms with Crippen molar-refractivity contribution in [3.8, 4) is 23.0 Å². The van der Waals surface area contributed by atoms with Gasteiger partial charge in [-0.15, -0.1) is 0 Å². The van der Waals surface area contributed by atoms with Gasteiger partial charge < -0.3 is 30.4 Å². The number of nitrogens with zero attached hydrogens (tertiary/aromatic N) is 1. The van der Waals surface area contributed by atoms with E-state index in [0.29, 0.717) is 16.7 Å². The van der Waals surface area contributed by atoms with E-state index in [1.165, 1.54) is 30.3 Å². The van der Waals surface area contributed by atoms with Crippen molar-refractivity contribution in [2.45, 2.75) is 31.8 Å². The maximum Gasteiger partial charge on any atom is 0.326 e. The van der Waals surface area contributed by atoms with Crippen LogP contribution in [0.1, 0.15) is 23.1 Å². The van der Waals surface area contributed by atoms with E-state index in [4.69, 9.17) is 0 Å². The predicted octanol–water partition coefficient (Wildman–Crippen LogP) is 1.48. The Kier molecular flexibility index (Phi) is 4.81. The number of carboxylic acid groups (broad SMARTS) is 1. The Balaban J connectivity index is 1.83. The molecule has 1 aliphatic rings. The summed E-state index contributed by atoms with van der Waals surface area (Å²) in [6.45, 7) is -0.141. The molecule has 8 nitrogen and oxygen atoms in total. The molecule has 1 heterocycles. The van der Waals surface area contributed by atoms with Crippen molar-refractivity contribution in [2.24, 2.45) is 0 Å². The van der Waals surface area contributed by atoms with E-state index in [1.54, 1.807) is 0 Å². The van der Waals surface area contributed by atoms with Crippen LogP contribution in [-0.2, 0) is 29.0 Å². The third-order valence-corrected chi connectivity index (χ3v) is 4.76. The van der Waals surface area contributed by atoms with Gasteiger partial charge in [0.2, 0.25) is 5.91 Å². The summed E-state index contributed by atoms with van der Waals surface area (Å²) in [4.78, 5) is 25.4. The molecule has 0 spiro atoms. The van der Waals surface area contributed by atoms with Gasteiger partial charge in [-0.05, 0) is 42.3 Å². The SMILES string of the molecule is O=C(O)C1Cc2c(O)ccc(O)c2CN1C(=O)CCc1cc(O)ccc1O. The molecule has 2 aromatic rings. The number of aromatic hydroxyl groups is 4. The van der Waals surface area contributed by atoms with Gasteiger partial charge in [0.15, 0.2) is 0 Å². The van der Waals surface area contributed by atoms with Crippen LogP contribution in [0.2, 0.25) is 0 Å². The summed E-state index contributed by atoms with van der Waals surface area (Å²) in [5.41, 5.74) is 1.01. The Bertz CT molecular complexity index is 909. The lowest BCUT2D eigenvalue weighted by Gasteiger charge is -2.35. The highest BCUT2D eigenvalue weighted by atomic mass is 16.4. The number of benzene rings is 2. The predicted molar refractivity (Wildman–Crippen MR) is 93.5 cm³/mol. The third-order valence-electron chi connectivity index (χ3n) is 4.76. The fourth-order valence-electron chi connectivity index (χ4n) is 3.30. The molecule has 0 radical (unpaired) electrons. The molecule has 0 saturated heterocycles. The fourth-order valence-corrected chi connectivity index (χ4v) is 3.30. The van der Waals surface area contributed by atoms with Gasteiger partial charge in [0.05, 0.1) is 6.54 Å². The van der Waals surface area contributed by atoms with Crippen LogP contribution < -0.4 is 0 Å². The Labute approximate surface area is 154 Å². The zero-order chi connectivity index (χ0) is 19.7. The molecule has 8 heteroatoms. The van der Waals surface area contributed by atoms with Gasteiger partial charge in [-0.2, -0.15) is 0 Å². The van der Waals surface area contributed by atoms with Crippen LogP contribution in [0.3, 0.4) is 0 Å². The van der Waals surface area contributed by atoms with Gasteiger partial charge in [-0.25, -0.2) is 4.79 Å². The summed E-state index contributed by atoms with van der Waals surface area (Å²) in [7, 11) is 0. The van der Waals surface area contributed by atoms with Gasteiger partial charge in [0, 0.05) is 24.0 Å². The number of aryl methyl sites for hydroxylation is 1. The highest BCUT2D eigenvalue weighted by Crippen LogP contribution is 2.36. The summed E-state index contributed by atoms with van der Waals surface area (Å²) in [5, 5.41) is 48.8. The van der Waals surface area contributed by atoms with Crippen molar-refractivity contribution in [3.63, 3.8) is 0 Å². The number of phenolic OH excluding ortho intramolecular Hbond substituents is 4. The van der Waals surface area contributed by atoms with Crippen molar-refractivity contribution in [2.75, 3.05) is 0 Å². The van der Waals surface area contributed by atoms with Gasteiger partial charge in [-0.3, -0.25) is 4.79 Å². The second kappa shape index (κ2) is 7.06. The summed E-state index contributed by atoms with van der Waals surface area (Å²) in [5.74, 6) is -2.04. The fraction of sp³-hybridized carbons (Fsp3) is 0.263. The summed E-state index contributed by atoms with van der Waals surface area (Å²) in [6.07, 6.45) is -0.0928. The number of aliphatic carboxylic acids is 1. The third kappa shape index (κ3) is 3.59. The first kappa shape index (κ1) is 18.4. The molecule has 2 aromatic carbocycles. The molecule has 0 saturated carbocycles. The maximum absolute atomic E-state index is 12.7. The number of carboxylic acids is 1. The van der Waals surface area contributed by atoms with Crippen LogP contribution in [0.25, 0.3) is 0 Å². The largest absolute Gasteiger partial charge is 0.508 e. The number of carbonyl (C=O) groups excluding carboxylic acids is 1. The van der Waals surface area contributed by atoms with Crippen LogP contribution in [0, 0.1) is 0 Å². The number of phenols is 4. The quantitative estimate of drug-likeness (QED) is 0.512. The average Bonchev–Trinajstić information content (AvgIpc) is 2.64. The minimum atomic E-state index is -1.21. The van der Waals surface area contributed by atoms with E-state index in [9.17, 15) is 35.1 Å².